The van der Waals surface area contributed by atoms with E-state index in [-0.39, 0.29) is 38.6 Å². The van der Waals surface area contributed by atoms with E-state index >= 15 is 0 Å². The van der Waals surface area contributed by atoms with Crippen molar-refractivity contribution in [3.8, 4) is 0 Å². The van der Waals surface area contributed by atoms with Gasteiger partial charge in [-0.25, -0.2) is 4.57 Å². The van der Waals surface area contributed by atoms with Crippen molar-refractivity contribution in [3.05, 3.63) is 36.5 Å². The van der Waals surface area contributed by atoms with Crippen molar-refractivity contribution in [1.82, 2.24) is 0 Å². The molecular formula is C47H88NO8P. The second-order valence-corrected chi connectivity index (χ2v) is 17.1. The van der Waals surface area contributed by atoms with Gasteiger partial charge >= 0.3 is 19.8 Å². The van der Waals surface area contributed by atoms with Crippen LogP contribution in [-0.4, -0.2) is 49.3 Å². The molecular weight excluding hydrogens is 737 g/mol. The van der Waals surface area contributed by atoms with Crippen molar-refractivity contribution in [1.29, 1.82) is 0 Å². The summed E-state index contributed by atoms with van der Waals surface area (Å²) in [6, 6.07) is 0. The van der Waals surface area contributed by atoms with Crippen LogP contribution in [0, 0.1) is 0 Å². The van der Waals surface area contributed by atoms with Crippen LogP contribution in [-0.2, 0) is 32.7 Å². The molecule has 0 spiro atoms. The lowest BCUT2D eigenvalue weighted by Gasteiger charge is -2.19. The highest BCUT2D eigenvalue weighted by Crippen LogP contribution is 2.43. The Morgan fingerprint density at radius 3 is 1.44 bits per heavy atom. The van der Waals surface area contributed by atoms with Crippen LogP contribution in [0.15, 0.2) is 36.5 Å². The normalized spacial score (nSPS) is 13.5. The summed E-state index contributed by atoms with van der Waals surface area (Å²) in [6.45, 7) is 3.63. The molecule has 0 saturated heterocycles. The molecule has 0 bridgehead atoms. The average molecular weight is 826 g/mol. The first-order chi connectivity index (χ1) is 27.8. The molecule has 334 valence electrons. The summed E-state index contributed by atoms with van der Waals surface area (Å²) >= 11 is 0. The molecule has 0 aliphatic carbocycles. The van der Waals surface area contributed by atoms with Gasteiger partial charge in [-0.2, -0.15) is 0 Å². The number of esters is 2. The second-order valence-electron chi connectivity index (χ2n) is 15.6. The molecule has 0 fully saturated rings. The molecule has 1 unspecified atom stereocenters. The number of unbranched alkanes of at least 4 members (excludes halogenated alkanes) is 25. The maximum Gasteiger partial charge on any atom is 0.472 e. The Morgan fingerprint density at radius 2 is 0.965 bits per heavy atom. The number of allylic oxidation sites excluding steroid dienone is 6. The van der Waals surface area contributed by atoms with E-state index in [4.69, 9.17) is 24.3 Å². The molecule has 10 heteroatoms. The van der Waals surface area contributed by atoms with E-state index in [1.54, 1.807) is 0 Å². The first kappa shape index (κ1) is 55.2. The van der Waals surface area contributed by atoms with Gasteiger partial charge in [0.25, 0.3) is 0 Å². The van der Waals surface area contributed by atoms with Crippen LogP contribution < -0.4 is 5.73 Å². The predicted octanol–water partition coefficient (Wildman–Crippen LogP) is 13.7. The summed E-state index contributed by atoms with van der Waals surface area (Å²) in [5.41, 5.74) is 5.35. The highest BCUT2D eigenvalue weighted by Gasteiger charge is 2.26. The monoisotopic (exact) mass is 826 g/mol. The maximum absolute atomic E-state index is 12.6. The van der Waals surface area contributed by atoms with Crippen LogP contribution in [0.4, 0.5) is 0 Å². The number of ether oxygens (including phenoxy) is 2. The third-order valence-electron chi connectivity index (χ3n) is 10.0. The first-order valence-corrected chi connectivity index (χ1v) is 25.0. The van der Waals surface area contributed by atoms with Crippen molar-refractivity contribution in [2.75, 3.05) is 26.4 Å². The van der Waals surface area contributed by atoms with Crippen LogP contribution in [0.2, 0.25) is 0 Å². The molecule has 0 radical (unpaired) electrons. The van der Waals surface area contributed by atoms with Gasteiger partial charge in [-0.15, -0.1) is 0 Å². The number of phosphoric ester groups is 1. The maximum atomic E-state index is 12.6. The largest absolute Gasteiger partial charge is 0.472 e. The number of hydrogen-bond acceptors (Lipinski definition) is 8. The van der Waals surface area contributed by atoms with Gasteiger partial charge in [0.2, 0.25) is 0 Å². The van der Waals surface area contributed by atoms with E-state index in [1.165, 1.54) is 116 Å². The minimum atomic E-state index is -4.38. The van der Waals surface area contributed by atoms with E-state index in [9.17, 15) is 19.0 Å². The third kappa shape index (κ3) is 43.6. The van der Waals surface area contributed by atoms with Crippen molar-refractivity contribution in [2.24, 2.45) is 5.73 Å². The summed E-state index contributed by atoms with van der Waals surface area (Å²) in [5, 5.41) is 0. The van der Waals surface area contributed by atoms with Crippen molar-refractivity contribution in [2.45, 2.75) is 225 Å². The van der Waals surface area contributed by atoms with Gasteiger partial charge in [-0.1, -0.05) is 198 Å². The van der Waals surface area contributed by atoms with E-state index in [0.29, 0.717) is 6.42 Å². The van der Waals surface area contributed by atoms with Crippen LogP contribution in [0.25, 0.3) is 0 Å². The highest BCUT2D eigenvalue weighted by atomic mass is 31.2. The van der Waals surface area contributed by atoms with Crippen LogP contribution in [0.3, 0.4) is 0 Å². The first-order valence-electron chi connectivity index (χ1n) is 23.5. The molecule has 0 heterocycles. The Hall–Kier alpha value is -1.77. The Bertz CT molecular complexity index is 1030. The zero-order valence-corrected chi connectivity index (χ0v) is 37.7. The fraction of sp³-hybridized carbons (Fsp3) is 0.830. The number of hydrogen-bond donors (Lipinski definition) is 2. The SMILES string of the molecule is CCC=CCC=CCC=CCCCCCCCC(=O)O[C@H](COC(=O)CCCCCCCCCCCCCCCCCCCCCCC)COP(=O)(O)OCCN. The fourth-order valence-electron chi connectivity index (χ4n) is 6.59. The summed E-state index contributed by atoms with van der Waals surface area (Å²) in [6.07, 6.45) is 49.0. The quantitative estimate of drug-likeness (QED) is 0.0266. The summed E-state index contributed by atoms with van der Waals surface area (Å²) < 4.78 is 32.8. The number of rotatable bonds is 44. The molecule has 0 amide bonds. The van der Waals surface area contributed by atoms with Gasteiger partial charge in [-0.3, -0.25) is 18.6 Å². The van der Waals surface area contributed by atoms with Gasteiger partial charge in [0.05, 0.1) is 13.2 Å². The van der Waals surface area contributed by atoms with Gasteiger partial charge < -0.3 is 20.1 Å². The zero-order chi connectivity index (χ0) is 41.8. The Kier molecular flexibility index (Phi) is 42.4. The van der Waals surface area contributed by atoms with Gasteiger partial charge in [0.15, 0.2) is 6.10 Å². The lowest BCUT2D eigenvalue weighted by molar-refractivity contribution is -0.161. The van der Waals surface area contributed by atoms with E-state index in [0.717, 1.165) is 70.6 Å². The van der Waals surface area contributed by atoms with Crippen LogP contribution in [0.1, 0.15) is 219 Å². The molecule has 57 heavy (non-hydrogen) atoms. The number of carbonyl (C=O) groups excluding carboxylic acids is 2. The number of phosphoric acid groups is 1. The number of carbonyl (C=O) groups is 2. The topological polar surface area (TPSA) is 134 Å². The van der Waals surface area contributed by atoms with E-state index in [2.05, 4.69) is 50.3 Å². The molecule has 0 aromatic carbocycles. The van der Waals surface area contributed by atoms with Crippen LogP contribution >= 0.6 is 7.82 Å². The molecule has 3 N–H and O–H groups in total. The van der Waals surface area contributed by atoms with Gasteiger partial charge in [-0.05, 0) is 44.9 Å². The minimum Gasteiger partial charge on any atom is -0.462 e. The second kappa shape index (κ2) is 43.8. The van der Waals surface area contributed by atoms with Crippen molar-refractivity contribution >= 4 is 19.8 Å². The minimum absolute atomic E-state index is 0.0508. The predicted molar refractivity (Wildman–Crippen MR) is 238 cm³/mol. The molecule has 0 aliphatic rings. The molecule has 0 aromatic rings. The molecule has 0 saturated carbocycles. The summed E-state index contributed by atoms with van der Waals surface area (Å²) in [4.78, 5) is 34.9. The summed E-state index contributed by atoms with van der Waals surface area (Å²) in [5.74, 6) is -0.840. The molecule has 0 rings (SSSR count). The standard InChI is InChI=1S/C47H88NO8P/c1-3-5-7-9-11-13-15-17-19-20-21-22-23-24-26-27-29-31-33-35-37-39-46(49)53-43-45(44-55-57(51,52)54-42-41-48)56-47(50)40-38-36-34-32-30-28-25-18-16-14-12-10-8-6-4-2/h6,8,12,14,18,25,45H,3-5,7,9-11,13,15-17,19-24,26-44,48H2,1-2H3,(H,51,52)/t45-/m1/s1. The Morgan fingerprint density at radius 1 is 0.544 bits per heavy atom. The molecule has 0 aromatic heterocycles. The lowest BCUT2D eigenvalue weighted by Crippen LogP contribution is -2.29. The summed E-state index contributed by atoms with van der Waals surface area (Å²) in [7, 11) is -4.38. The zero-order valence-electron chi connectivity index (χ0n) is 36.8. The highest BCUT2D eigenvalue weighted by molar-refractivity contribution is 7.47. The van der Waals surface area contributed by atoms with E-state index in [1.807, 2.05) is 0 Å². The number of nitrogens with two attached hydrogens (primary N) is 1. The van der Waals surface area contributed by atoms with Crippen molar-refractivity contribution in [3.63, 3.8) is 0 Å². The van der Waals surface area contributed by atoms with Crippen molar-refractivity contribution < 1.29 is 37.6 Å². The Labute approximate surface area is 350 Å². The molecule has 9 nitrogen and oxygen atoms in total. The molecule has 2 atom stereocenters. The average Bonchev–Trinajstić information content (AvgIpc) is 3.20. The Balaban J connectivity index is 4.06. The van der Waals surface area contributed by atoms with Gasteiger partial charge in [0.1, 0.15) is 6.61 Å². The third-order valence-corrected chi connectivity index (χ3v) is 11.0. The van der Waals surface area contributed by atoms with Crippen LogP contribution in [0.5, 0.6) is 0 Å². The smallest absolute Gasteiger partial charge is 0.462 e. The van der Waals surface area contributed by atoms with E-state index < -0.39 is 26.5 Å². The lowest BCUT2D eigenvalue weighted by atomic mass is 10.0. The van der Waals surface area contributed by atoms with Gasteiger partial charge in [0, 0.05) is 19.4 Å². The fourth-order valence-corrected chi connectivity index (χ4v) is 7.36. The molecule has 0 aliphatic heterocycles.